The van der Waals surface area contributed by atoms with Gasteiger partial charge in [-0.25, -0.2) is 0 Å². The highest BCUT2D eigenvalue weighted by Gasteiger charge is 2.39. The van der Waals surface area contributed by atoms with Crippen LogP contribution in [0.1, 0.15) is 22.3 Å². The van der Waals surface area contributed by atoms with Crippen molar-refractivity contribution >= 4 is 0 Å². The van der Waals surface area contributed by atoms with Crippen LogP contribution in [0.3, 0.4) is 0 Å². The Hall–Kier alpha value is -3.03. The van der Waals surface area contributed by atoms with Gasteiger partial charge in [-0.3, -0.25) is 4.79 Å². The molecule has 0 aliphatic heterocycles. The number of halogens is 6. The summed E-state index contributed by atoms with van der Waals surface area (Å²) < 4.78 is 80.8. The monoisotopic (exact) mass is 397 g/mol. The van der Waals surface area contributed by atoms with Gasteiger partial charge < -0.3 is 4.98 Å². The molecule has 0 bridgehead atoms. The quantitative estimate of drug-likeness (QED) is 0.568. The fourth-order valence-electron chi connectivity index (χ4n) is 2.99. The minimum absolute atomic E-state index is 0.0883. The molecule has 0 atom stereocenters. The lowest BCUT2D eigenvalue weighted by Crippen LogP contribution is -2.15. The van der Waals surface area contributed by atoms with E-state index in [1.807, 2.05) is 0 Å². The van der Waals surface area contributed by atoms with Crippen molar-refractivity contribution in [2.45, 2.75) is 18.8 Å². The average molecular weight is 397 g/mol. The van der Waals surface area contributed by atoms with Crippen LogP contribution in [-0.4, -0.2) is 4.98 Å². The molecule has 0 amide bonds. The van der Waals surface area contributed by atoms with E-state index in [0.29, 0.717) is 11.6 Å². The second-order valence-electron chi connectivity index (χ2n) is 6.16. The Kier molecular flexibility index (Phi) is 5.06. The Bertz CT molecular complexity index is 1040. The fourth-order valence-corrected chi connectivity index (χ4v) is 2.99. The molecule has 1 N–H and O–H groups in total. The maximum atomic E-state index is 13.7. The van der Waals surface area contributed by atoms with Crippen molar-refractivity contribution in [2.75, 3.05) is 0 Å². The van der Waals surface area contributed by atoms with Gasteiger partial charge in [0.2, 0.25) is 5.56 Å². The van der Waals surface area contributed by atoms with Crippen molar-refractivity contribution in [3.8, 4) is 11.1 Å². The van der Waals surface area contributed by atoms with Crippen LogP contribution in [0.4, 0.5) is 26.3 Å². The first kappa shape index (κ1) is 19.7. The van der Waals surface area contributed by atoms with Gasteiger partial charge in [0.25, 0.3) is 0 Å². The van der Waals surface area contributed by atoms with Crippen LogP contribution < -0.4 is 5.56 Å². The highest BCUT2D eigenvalue weighted by molar-refractivity contribution is 5.73. The summed E-state index contributed by atoms with van der Waals surface area (Å²) in [7, 11) is 0. The van der Waals surface area contributed by atoms with E-state index in [9.17, 15) is 31.1 Å². The summed E-state index contributed by atoms with van der Waals surface area (Å²) in [6.07, 6.45) is -8.99. The minimum Gasteiger partial charge on any atom is -0.329 e. The molecule has 0 saturated heterocycles. The van der Waals surface area contributed by atoms with Crippen molar-refractivity contribution in [1.82, 2.24) is 4.98 Å². The van der Waals surface area contributed by atoms with E-state index in [1.165, 1.54) is 6.07 Å². The molecule has 8 heteroatoms. The summed E-state index contributed by atoms with van der Waals surface area (Å²) in [4.78, 5) is 13.9. The topological polar surface area (TPSA) is 32.9 Å². The molecular formula is C20H13F6NO. The van der Waals surface area contributed by atoms with Crippen LogP contribution in [-0.2, 0) is 18.8 Å². The highest BCUT2D eigenvalue weighted by Crippen LogP contribution is 2.43. The van der Waals surface area contributed by atoms with Gasteiger partial charge in [0, 0.05) is 12.3 Å². The first-order valence-electron chi connectivity index (χ1n) is 8.10. The number of nitrogens with one attached hydrogen (secondary N) is 1. The Morgan fingerprint density at radius 1 is 0.821 bits per heavy atom. The molecule has 146 valence electrons. The summed E-state index contributed by atoms with van der Waals surface area (Å²) in [5.41, 5.74) is -3.64. The fraction of sp³-hybridized carbons (Fsp3) is 0.150. The Morgan fingerprint density at radius 3 is 2.07 bits per heavy atom. The molecule has 2 aromatic carbocycles. The summed E-state index contributed by atoms with van der Waals surface area (Å²) >= 11 is 0. The molecule has 3 rings (SSSR count). The van der Waals surface area contributed by atoms with Gasteiger partial charge in [-0.2, -0.15) is 26.3 Å². The van der Waals surface area contributed by atoms with E-state index >= 15 is 0 Å². The third kappa shape index (κ3) is 4.27. The molecule has 0 unspecified atom stereocenters. The largest absolute Gasteiger partial charge is 0.417 e. The summed E-state index contributed by atoms with van der Waals surface area (Å²) in [5.74, 6) is 0. The van der Waals surface area contributed by atoms with Crippen molar-refractivity contribution in [2.24, 2.45) is 0 Å². The SMILES string of the molecule is O=c1cc(-c2c(Cc3ccccc3)cc(C(F)(F)F)cc2C(F)(F)F)cc[nH]1. The molecule has 0 saturated carbocycles. The highest BCUT2D eigenvalue weighted by atomic mass is 19.4. The molecular weight excluding hydrogens is 384 g/mol. The van der Waals surface area contributed by atoms with Crippen LogP contribution >= 0.6 is 0 Å². The standard InChI is InChI=1S/C20H13F6NO/c21-19(22,23)15-9-14(8-12-4-2-1-3-5-12)18(16(11-15)20(24,25)26)13-6-7-27-17(28)10-13/h1-7,9-11H,8H2,(H,27,28). The number of H-pyrrole nitrogens is 1. The van der Waals surface area contributed by atoms with Gasteiger partial charge in [-0.1, -0.05) is 30.3 Å². The van der Waals surface area contributed by atoms with Gasteiger partial charge in [0.1, 0.15) is 0 Å². The van der Waals surface area contributed by atoms with Crippen LogP contribution in [0.2, 0.25) is 0 Å². The third-order valence-electron chi connectivity index (χ3n) is 4.15. The van der Waals surface area contributed by atoms with Crippen molar-refractivity contribution < 1.29 is 26.3 Å². The maximum absolute atomic E-state index is 13.7. The molecule has 1 heterocycles. The molecule has 0 fully saturated rings. The van der Waals surface area contributed by atoms with E-state index in [4.69, 9.17) is 0 Å². The molecule has 0 aliphatic rings. The number of hydrogen-bond acceptors (Lipinski definition) is 1. The normalized spacial score (nSPS) is 12.2. The second-order valence-corrected chi connectivity index (χ2v) is 6.16. The van der Waals surface area contributed by atoms with Gasteiger partial charge >= 0.3 is 12.4 Å². The molecule has 3 aromatic rings. The molecule has 1 aromatic heterocycles. The van der Waals surface area contributed by atoms with Gasteiger partial charge in [0.05, 0.1) is 11.1 Å². The van der Waals surface area contributed by atoms with E-state index < -0.39 is 34.6 Å². The molecule has 0 aliphatic carbocycles. The number of aromatic nitrogens is 1. The average Bonchev–Trinajstić information content (AvgIpc) is 2.60. The van der Waals surface area contributed by atoms with E-state index in [-0.39, 0.29) is 23.6 Å². The van der Waals surface area contributed by atoms with Crippen LogP contribution in [0.15, 0.2) is 65.6 Å². The molecule has 2 nitrogen and oxygen atoms in total. The van der Waals surface area contributed by atoms with E-state index in [0.717, 1.165) is 12.3 Å². The number of pyridine rings is 1. The number of aromatic amines is 1. The first-order valence-corrected chi connectivity index (χ1v) is 8.10. The smallest absolute Gasteiger partial charge is 0.329 e. The number of hydrogen-bond donors (Lipinski definition) is 1. The summed E-state index contributed by atoms with van der Waals surface area (Å²) in [6, 6.07) is 11.1. The summed E-state index contributed by atoms with van der Waals surface area (Å²) in [6.45, 7) is 0. The summed E-state index contributed by atoms with van der Waals surface area (Å²) in [5, 5.41) is 0. The predicted molar refractivity (Wildman–Crippen MR) is 91.8 cm³/mol. The van der Waals surface area contributed by atoms with E-state index in [2.05, 4.69) is 4.98 Å². The molecule has 0 spiro atoms. The number of benzene rings is 2. The lowest BCUT2D eigenvalue weighted by atomic mass is 9.89. The van der Waals surface area contributed by atoms with Gasteiger partial charge in [-0.15, -0.1) is 0 Å². The third-order valence-corrected chi connectivity index (χ3v) is 4.15. The van der Waals surface area contributed by atoms with Crippen LogP contribution in [0.5, 0.6) is 0 Å². The predicted octanol–water partition coefficient (Wildman–Crippen LogP) is 5.67. The van der Waals surface area contributed by atoms with Crippen LogP contribution in [0, 0.1) is 0 Å². The lowest BCUT2D eigenvalue weighted by Gasteiger charge is -2.20. The second kappa shape index (κ2) is 7.18. The Balaban J connectivity index is 2.34. The number of alkyl halides is 6. The zero-order valence-electron chi connectivity index (χ0n) is 14.2. The maximum Gasteiger partial charge on any atom is 0.417 e. The van der Waals surface area contributed by atoms with Crippen molar-refractivity contribution in [1.29, 1.82) is 0 Å². The van der Waals surface area contributed by atoms with Gasteiger partial charge in [0.15, 0.2) is 0 Å². The minimum atomic E-state index is -5.04. The zero-order valence-corrected chi connectivity index (χ0v) is 14.2. The zero-order chi connectivity index (χ0) is 20.5. The van der Waals surface area contributed by atoms with Crippen molar-refractivity contribution in [3.63, 3.8) is 0 Å². The molecule has 0 radical (unpaired) electrons. The number of rotatable bonds is 3. The Labute approximate surface area is 155 Å². The Morgan fingerprint density at radius 2 is 1.50 bits per heavy atom. The molecule has 28 heavy (non-hydrogen) atoms. The lowest BCUT2D eigenvalue weighted by molar-refractivity contribution is -0.142. The van der Waals surface area contributed by atoms with E-state index in [1.54, 1.807) is 30.3 Å². The van der Waals surface area contributed by atoms with Crippen molar-refractivity contribution in [3.05, 3.63) is 93.4 Å². The van der Waals surface area contributed by atoms with Crippen LogP contribution in [0.25, 0.3) is 11.1 Å². The van der Waals surface area contributed by atoms with Gasteiger partial charge in [-0.05, 0) is 46.9 Å². The first-order chi connectivity index (χ1) is 13.1.